The summed E-state index contributed by atoms with van der Waals surface area (Å²) in [6.07, 6.45) is 12.7. The zero-order chi connectivity index (χ0) is 18.1. The molecule has 1 fully saturated rings. The summed E-state index contributed by atoms with van der Waals surface area (Å²) in [6.45, 7) is -0.0882. The van der Waals surface area contributed by atoms with E-state index >= 15 is 0 Å². The molecule has 5 nitrogen and oxygen atoms in total. The Hall–Kier alpha value is -1.33. The molecule has 25 heavy (non-hydrogen) atoms. The highest BCUT2D eigenvalue weighted by Crippen LogP contribution is 2.35. The molecule has 0 amide bonds. The second-order valence-electron chi connectivity index (χ2n) is 7.12. The standard InChI is InChI=1S/C20H32O5/c1-24-19(22)17-12-8-11-16(13-21)18(20(23)25-14-17)15-9-6-4-2-3-5-7-10-15/h11,14-15,18,20-21,23H,2-10,12-13H2,1H3/b16-11-,17-14+. The highest BCUT2D eigenvalue weighted by molar-refractivity contribution is 5.88. The van der Waals surface area contributed by atoms with Crippen LogP contribution in [0.4, 0.5) is 0 Å². The number of hydrogen-bond acceptors (Lipinski definition) is 5. The van der Waals surface area contributed by atoms with Gasteiger partial charge >= 0.3 is 5.97 Å². The van der Waals surface area contributed by atoms with Crippen molar-refractivity contribution < 1.29 is 24.5 Å². The van der Waals surface area contributed by atoms with Gasteiger partial charge in [-0.2, -0.15) is 0 Å². The van der Waals surface area contributed by atoms with Gasteiger partial charge in [-0.05, 0) is 37.2 Å². The van der Waals surface area contributed by atoms with Gasteiger partial charge in [0, 0.05) is 5.92 Å². The van der Waals surface area contributed by atoms with Crippen molar-refractivity contribution in [1.29, 1.82) is 0 Å². The van der Waals surface area contributed by atoms with Crippen LogP contribution >= 0.6 is 0 Å². The van der Waals surface area contributed by atoms with Crippen molar-refractivity contribution in [3.63, 3.8) is 0 Å². The van der Waals surface area contributed by atoms with Crippen LogP contribution in [0.25, 0.3) is 0 Å². The first-order chi connectivity index (χ1) is 12.2. The van der Waals surface area contributed by atoms with Crippen LogP contribution in [0.15, 0.2) is 23.5 Å². The van der Waals surface area contributed by atoms with E-state index in [0.29, 0.717) is 24.3 Å². The summed E-state index contributed by atoms with van der Waals surface area (Å²) < 4.78 is 10.3. The quantitative estimate of drug-likeness (QED) is 0.601. The first-order valence-electron chi connectivity index (χ1n) is 9.58. The lowest BCUT2D eigenvalue weighted by Crippen LogP contribution is -2.32. The highest BCUT2D eigenvalue weighted by Gasteiger charge is 2.32. The average molecular weight is 352 g/mol. The van der Waals surface area contributed by atoms with Crippen LogP contribution in [-0.4, -0.2) is 36.2 Å². The molecule has 1 saturated carbocycles. The summed E-state index contributed by atoms with van der Waals surface area (Å²) in [6, 6.07) is 0. The summed E-state index contributed by atoms with van der Waals surface area (Å²) in [5, 5.41) is 20.6. The lowest BCUT2D eigenvalue weighted by Gasteiger charge is -2.32. The second kappa shape index (κ2) is 10.6. The van der Waals surface area contributed by atoms with Crippen LogP contribution in [0.1, 0.15) is 64.2 Å². The van der Waals surface area contributed by atoms with E-state index in [1.54, 1.807) is 0 Å². The molecule has 0 spiro atoms. The number of methoxy groups -OCH3 is 1. The van der Waals surface area contributed by atoms with Crippen molar-refractivity contribution >= 4 is 5.97 Å². The summed E-state index contributed by atoms with van der Waals surface area (Å²) in [7, 11) is 1.33. The normalized spacial score (nSPS) is 31.3. The topological polar surface area (TPSA) is 76.0 Å². The summed E-state index contributed by atoms with van der Waals surface area (Å²) in [4.78, 5) is 11.8. The Labute approximate surface area is 150 Å². The Balaban J connectivity index is 2.21. The molecule has 1 aliphatic heterocycles. The number of ether oxygens (including phenoxy) is 2. The van der Waals surface area contributed by atoms with Crippen molar-refractivity contribution in [3.8, 4) is 0 Å². The predicted molar refractivity (Wildman–Crippen MR) is 95.5 cm³/mol. The van der Waals surface area contributed by atoms with Gasteiger partial charge < -0.3 is 19.7 Å². The molecule has 0 aromatic rings. The number of aliphatic hydroxyl groups excluding tert-OH is 2. The number of esters is 1. The lowest BCUT2D eigenvalue weighted by atomic mass is 9.79. The highest BCUT2D eigenvalue weighted by atomic mass is 16.6. The van der Waals surface area contributed by atoms with Gasteiger partial charge in [-0.3, -0.25) is 0 Å². The summed E-state index contributed by atoms with van der Waals surface area (Å²) in [5.41, 5.74) is 1.24. The summed E-state index contributed by atoms with van der Waals surface area (Å²) in [5.74, 6) is -0.372. The Morgan fingerprint density at radius 3 is 2.44 bits per heavy atom. The van der Waals surface area contributed by atoms with Crippen LogP contribution < -0.4 is 0 Å². The molecular formula is C20H32O5. The molecule has 0 aromatic carbocycles. The molecule has 2 aliphatic rings. The maximum atomic E-state index is 11.8. The molecule has 2 rings (SSSR count). The minimum absolute atomic E-state index is 0.0882. The van der Waals surface area contributed by atoms with Crippen molar-refractivity contribution in [2.75, 3.05) is 13.7 Å². The maximum Gasteiger partial charge on any atom is 0.336 e. The third-order valence-corrected chi connectivity index (χ3v) is 5.44. The monoisotopic (exact) mass is 352 g/mol. The van der Waals surface area contributed by atoms with Crippen molar-refractivity contribution in [2.24, 2.45) is 11.8 Å². The number of carbonyl (C=O) groups excluding carboxylic acids is 1. The van der Waals surface area contributed by atoms with E-state index in [2.05, 4.69) is 0 Å². The van der Waals surface area contributed by atoms with E-state index in [1.165, 1.54) is 39.1 Å². The number of aliphatic hydroxyl groups is 2. The number of hydrogen-bond donors (Lipinski definition) is 2. The fraction of sp³-hybridized carbons (Fsp3) is 0.750. The van der Waals surface area contributed by atoms with Gasteiger partial charge in [0.05, 0.1) is 25.6 Å². The van der Waals surface area contributed by atoms with E-state index in [0.717, 1.165) is 31.3 Å². The zero-order valence-corrected chi connectivity index (χ0v) is 15.3. The first-order valence-corrected chi connectivity index (χ1v) is 9.58. The zero-order valence-electron chi connectivity index (χ0n) is 15.3. The Kier molecular flexibility index (Phi) is 8.49. The smallest absolute Gasteiger partial charge is 0.336 e. The lowest BCUT2D eigenvalue weighted by molar-refractivity contribution is -0.137. The van der Waals surface area contributed by atoms with Crippen molar-refractivity contribution in [2.45, 2.75) is 70.5 Å². The number of allylic oxidation sites excluding steroid dienone is 1. The fourth-order valence-electron chi connectivity index (χ4n) is 4.04. The molecule has 2 unspecified atom stereocenters. The first kappa shape index (κ1) is 20.0. The fourth-order valence-corrected chi connectivity index (χ4v) is 4.04. The van der Waals surface area contributed by atoms with E-state index in [4.69, 9.17) is 9.47 Å². The van der Waals surface area contributed by atoms with Gasteiger partial charge in [0.15, 0.2) is 0 Å². The number of carbonyl (C=O) groups is 1. The molecule has 0 bridgehead atoms. The average Bonchev–Trinajstić information content (AvgIpc) is 2.80. The molecule has 0 radical (unpaired) electrons. The SMILES string of the molecule is COC(=O)/C1=C/OC(O)C(C2CCCCCCCC2)/C(CO)=C\CC1. The van der Waals surface area contributed by atoms with Gasteiger partial charge in [0.25, 0.3) is 0 Å². The maximum absolute atomic E-state index is 11.8. The van der Waals surface area contributed by atoms with E-state index in [1.807, 2.05) is 6.08 Å². The van der Waals surface area contributed by atoms with Gasteiger partial charge in [0.2, 0.25) is 6.29 Å². The van der Waals surface area contributed by atoms with E-state index in [-0.39, 0.29) is 12.5 Å². The van der Waals surface area contributed by atoms with Gasteiger partial charge in [-0.1, -0.05) is 44.6 Å². The molecule has 0 saturated heterocycles. The van der Waals surface area contributed by atoms with Crippen LogP contribution in [0.3, 0.4) is 0 Å². The third kappa shape index (κ3) is 5.86. The Morgan fingerprint density at radius 2 is 1.84 bits per heavy atom. The van der Waals surface area contributed by atoms with Crippen LogP contribution in [0.2, 0.25) is 0 Å². The van der Waals surface area contributed by atoms with Crippen molar-refractivity contribution in [3.05, 3.63) is 23.5 Å². The largest absolute Gasteiger partial charge is 0.472 e. The molecular weight excluding hydrogens is 320 g/mol. The predicted octanol–water partition coefficient (Wildman–Crippen LogP) is 3.46. The second-order valence-corrected chi connectivity index (χ2v) is 7.12. The Morgan fingerprint density at radius 1 is 1.20 bits per heavy atom. The molecule has 1 aliphatic carbocycles. The molecule has 1 heterocycles. The third-order valence-electron chi connectivity index (χ3n) is 5.44. The van der Waals surface area contributed by atoms with E-state index < -0.39 is 12.3 Å². The van der Waals surface area contributed by atoms with E-state index in [9.17, 15) is 15.0 Å². The molecule has 0 aromatic heterocycles. The van der Waals surface area contributed by atoms with Gasteiger partial charge in [0.1, 0.15) is 0 Å². The van der Waals surface area contributed by atoms with Crippen LogP contribution in [0, 0.1) is 11.8 Å². The molecule has 142 valence electrons. The van der Waals surface area contributed by atoms with Gasteiger partial charge in [-0.25, -0.2) is 4.79 Å². The van der Waals surface area contributed by atoms with Crippen LogP contribution in [0.5, 0.6) is 0 Å². The molecule has 5 heteroatoms. The molecule has 2 atom stereocenters. The molecule has 2 N–H and O–H groups in total. The minimum Gasteiger partial charge on any atom is -0.472 e. The van der Waals surface area contributed by atoms with Crippen molar-refractivity contribution in [1.82, 2.24) is 0 Å². The van der Waals surface area contributed by atoms with Gasteiger partial charge in [-0.15, -0.1) is 0 Å². The minimum atomic E-state index is -1.05. The van der Waals surface area contributed by atoms with Crippen LogP contribution in [-0.2, 0) is 14.3 Å². The number of rotatable bonds is 3. The Bertz CT molecular complexity index is 472. The summed E-state index contributed by atoms with van der Waals surface area (Å²) >= 11 is 0.